The molecule has 0 bridgehead atoms. The summed E-state index contributed by atoms with van der Waals surface area (Å²) in [5, 5.41) is 4.63. The number of hydrogen-bond acceptors (Lipinski definition) is 3. The number of rotatable bonds is 2. The molecule has 2 aliphatic rings. The van der Waals surface area contributed by atoms with Gasteiger partial charge in [0.1, 0.15) is 5.69 Å². The number of aromatic amines is 1. The minimum absolute atomic E-state index is 0.771. The Morgan fingerprint density at radius 1 is 0.468 bits per heavy atom. The first-order valence-electron chi connectivity index (χ1n) is 15.9. The summed E-state index contributed by atoms with van der Waals surface area (Å²) in [5.41, 5.74) is 10.8. The van der Waals surface area contributed by atoms with E-state index in [0.29, 0.717) is 0 Å². The number of benzene rings is 7. The standard InChI is InChI=1S/C42H25N3O2/c1-2-10-27(11-3-1)44-33-13-5-4-12-28(33)29-22-26(19-21-34(29)44)25-18-20-31-30(23-25)40-32(43-31)24-39-41-42(40)47-38-17-9-7-15-36(38)45(41)35-14-6-8-16-37(35)46-39/h1-24,43H. The number of anilines is 3. The van der Waals surface area contributed by atoms with Crippen LogP contribution >= 0.6 is 0 Å². The van der Waals surface area contributed by atoms with Crippen LogP contribution in [0.25, 0.3) is 60.4 Å². The lowest BCUT2D eigenvalue weighted by Gasteiger charge is -2.38. The predicted molar refractivity (Wildman–Crippen MR) is 190 cm³/mol. The van der Waals surface area contributed by atoms with Crippen molar-refractivity contribution in [1.82, 2.24) is 9.55 Å². The van der Waals surface area contributed by atoms with Gasteiger partial charge < -0.3 is 19.0 Å². The molecule has 2 aliphatic heterocycles. The van der Waals surface area contributed by atoms with Crippen molar-refractivity contribution in [1.29, 1.82) is 0 Å². The van der Waals surface area contributed by atoms with Crippen LogP contribution in [0.4, 0.5) is 17.1 Å². The maximum Gasteiger partial charge on any atom is 0.165 e. The highest BCUT2D eigenvalue weighted by Gasteiger charge is 2.36. The van der Waals surface area contributed by atoms with Crippen molar-refractivity contribution in [3.63, 3.8) is 0 Å². The van der Waals surface area contributed by atoms with Gasteiger partial charge in [-0.05, 0) is 77.9 Å². The van der Waals surface area contributed by atoms with Crippen molar-refractivity contribution in [2.45, 2.75) is 0 Å². The third kappa shape index (κ3) is 3.37. The maximum absolute atomic E-state index is 6.77. The predicted octanol–water partition coefficient (Wildman–Crippen LogP) is 11.8. The number of H-pyrrole nitrogens is 1. The Balaban J connectivity index is 1.14. The summed E-state index contributed by atoms with van der Waals surface area (Å²) in [5.74, 6) is 3.22. The second-order valence-electron chi connectivity index (χ2n) is 12.3. The van der Waals surface area contributed by atoms with Gasteiger partial charge in [-0.2, -0.15) is 0 Å². The smallest absolute Gasteiger partial charge is 0.165 e. The normalized spacial score (nSPS) is 13.0. The topological polar surface area (TPSA) is 42.4 Å². The monoisotopic (exact) mass is 603 g/mol. The zero-order valence-electron chi connectivity index (χ0n) is 25.1. The number of nitrogens with one attached hydrogen (secondary N) is 1. The molecule has 0 amide bonds. The second kappa shape index (κ2) is 9.05. The number of fused-ring (bicyclic) bond motifs is 11. The van der Waals surface area contributed by atoms with Crippen molar-refractivity contribution in [2.75, 3.05) is 4.90 Å². The minimum Gasteiger partial charge on any atom is -0.453 e. The summed E-state index contributed by atoms with van der Waals surface area (Å²) in [6, 6.07) is 51.3. The summed E-state index contributed by atoms with van der Waals surface area (Å²) in [4.78, 5) is 5.94. The molecule has 5 heteroatoms. The van der Waals surface area contributed by atoms with E-state index in [1.54, 1.807) is 0 Å². The number of hydrogen-bond donors (Lipinski definition) is 1. The fourth-order valence-electron chi connectivity index (χ4n) is 7.63. The van der Waals surface area contributed by atoms with E-state index in [9.17, 15) is 0 Å². The summed E-state index contributed by atoms with van der Waals surface area (Å²) in [7, 11) is 0. The van der Waals surface area contributed by atoms with Crippen LogP contribution in [0.15, 0.2) is 146 Å². The zero-order valence-corrected chi connectivity index (χ0v) is 25.1. The maximum atomic E-state index is 6.77. The molecule has 0 radical (unpaired) electrons. The summed E-state index contributed by atoms with van der Waals surface area (Å²) in [6.45, 7) is 0. The molecule has 7 aromatic carbocycles. The molecule has 0 fully saturated rings. The van der Waals surface area contributed by atoms with Gasteiger partial charge in [0.2, 0.25) is 0 Å². The van der Waals surface area contributed by atoms with E-state index in [2.05, 4.69) is 136 Å². The van der Waals surface area contributed by atoms with Crippen LogP contribution in [-0.4, -0.2) is 9.55 Å². The molecular weight excluding hydrogens is 578 g/mol. The van der Waals surface area contributed by atoms with E-state index in [0.717, 1.165) is 73.1 Å². The second-order valence-corrected chi connectivity index (χ2v) is 12.3. The molecule has 1 N–H and O–H groups in total. The molecule has 4 heterocycles. The molecule has 0 unspecified atom stereocenters. The number of nitrogens with zero attached hydrogens (tertiary/aromatic N) is 2. The van der Waals surface area contributed by atoms with Crippen LogP contribution in [-0.2, 0) is 0 Å². The highest BCUT2D eigenvalue weighted by Crippen LogP contribution is 2.62. The highest BCUT2D eigenvalue weighted by atomic mass is 16.5. The number of para-hydroxylation sites is 6. The van der Waals surface area contributed by atoms with E-state index >= 15 is 0 Å². The van der Waals surface area contributed by atoms with Gasteiger partial charge in [0.15, 0.2) is 23.0 Å². The van der Waals surface area contributed by atoms with Crippen molar-refractivity contribution < 1.29 is 9.47 Å². The average Bonchev–Trinajstić information content (AvgIpc) is 3.66. The molecular formula is C42H25N3O2. The minimum atomic E-state index is 0.771. The molecule has 220 valence electrons. The first-order chi connectivity index (χ1) is 23.3. The molecule has 0 saturated heterocycles. The zero-order chi connectivity index (χ0) is 30.6. The molecule has 5 nitrogen and oxygen atoms in total. The Morgan fingerprint density at radius 3 is 1.96 bits per heavy atom. The first kappa shape index (κ1) is 24.8. The molecule has 9 aromatic rings. The Kier molecular flexibility index (Phi) is 4.78. The van der Waals surface area contributed by atoms with Gasteiger partial charge in [-0.1, -0.05) is 72.8 Å². The molecule has 0 saturated carbocycles. The van der Waals surface area contributed by atoms with E-state index in [4.69, 9.17) is 9.47 Å². The third-order valence-corrected chi connectivity index (χ3v) is 9.67. The molecule has 11 rings (SSSR count). The van der Waals surface area contributed by atoms with Crippen LogP contribution in [0.5, 0.6) is 23.0 Å². The van der Waals surface area contributed by atoms with Gasteiger partial charge >= 0.3 is 0 Å². The lowest BCUT2D eigenvalue weighted by atomic mass is 9.99. The summed E-state index contributed by atoms with van der Waals surface area (Å²) in [6.07, 6.45) is 0. The first-order valence-corrected chi connectivity index (χ1v) is 15.9. The fourth-order valence-corrected chi connectivity index (χ4v) is 7.63. The lowest BCUT2D eigenvalue weighted by molar-refractivity contribution is 0.450. The van der Waals surface area contributed by atoms with Gasteiger partial charge in [-0.3, -0.25) is 4.90 Å². The van der Waals surface area contributed by atoms with Crippen LogP contribution < -0.4 is 14.4 Å². The van der Waals surface area contributed by atoms with Crippen LogP contribution in [0.2, 0.25) is 0 Å². The highest BCUT2D eigenvalue weighted by molar-refractivity contribution is 6.17. The van der Waals surface area contributed by atoms with Gasteiger partial charge in [-0.15, -0.1) is 0 Å². The van der Waals surface area contributed by atoms with Crippen molar-refractivity contribution in [3.8, 4) is 39.8 Å². The van der Waals surface area contributed by atoms with Crippen LogP contribution in [0, 0.1) is 0 Å². The van der Waals surface area contributed by atoms with Crippen molar-refractivity contribution in [3.05, 3.63) is 146 Å². The quantitative estimate of drug-likeness (QED) is 0.214. The number of aromatic nitrogens is 2. The number of ether oxygens (including phenoxy) is 2. The Labute approximate surface area is 269 Å². The Morgan fingerprint density at radius 2 is 1.13 bits per heavy atom. The lowest BCUT2D eigenvalue weighted by Crippen LogP contribution is -2.20. The van der Waals surface area contributed by atoms with Gasteiger partial charge in [0, 0.05) is 33.4 Å². The Bertz CT molecular complexity index is 2750. The van der Waals surface area contributed by atoms with E-state index in [1.165, 1.54) is 27.4 Å². The third-order valence-electron chi connectivity index (χ3n) is 9.67. The van der Waals surface area contributed by atoms with E-state index in [1.807, 2.05) is 24.3 Å². The van der Waals surface area contributed by atoms with Crippen LogP contribution in [0.1, 0.15) is 0 Å². The average molecular weight is 604 g/mol. The molecule has 0 spiro atoms. The largest absolute Gasteiger partial charge is 0.453 e. The van der Waals surface area contributed by atoms with Crippen molar-refractivity contribution >= 4 is 60.7 Å². The molecule has 0 atom stereocenters. The van der Waals surface area contributed by atoms with Gasteiger partial charge in [0.05, 0.1) is 33.3 Å². The molecule has 0 aliphatic carbocycles. The molecule has 2 aromatic heterocycles. The van der Waals surface area contributed by atoms with Gasteiger partial charge in [0.25, 0.3) is 0 Å². The van der Waals surface area contributed by atoms with Crippen molar-refractivity contribution in [2.24, 2.45) is 0 Å². The van der Waals surface area contributed by atoms with Gasteiger partial charge in [-0.25, -0.2) is 0 Å². The SMILES string of the molecule is c1ccc(-n2c3ccccc3c3cc(-c4ccc5[nH]c6cc7c8c(c6c5c4)Oc4ccccc4N8c4ccccc4O7)ccc32)cc1. The van der Waals surface area contributed by atoms with Crippen LogP contribution in [0.3, 0.4) is 0 Å². The van der Waals surface area contributed by atoms with E-state index in [-0.39, 0.29) is 0 Å². The Hall–Kier alpha value is -6.46. The summed E-state index contributed by atoms with van der Waals surface area (Å²) < 4.78 is 15.6. The fraction of sp³-hybridized carbons (Fsp3) is 0. The molecule has 47 heavy (non-hydrogen) atoms. The summed E-state index contributed by atoms with van der Waals surface area (Å²) >= 11 is 0. The van der Waals surface area contributed by atoms with E-state index < -0.39 is 0 Å².